The van der Waals surface area contributed by atoms with Crippen LogP contribution in [0.3, 0.4) is 0 Å². The Balaban J connectivity index is 1.54. The van der Waals surface area contributed by atoms with E-state index in [1.807, 2.05) is 77.5 Å². The van der Waals surface area contributed by atoms with Gasteiger partial charge in [0, 0.05) is 17.4 Å². The van der Waals surface area contributed by atoms with Gasteiger partial charge >= 0.3 is 0 Å². The Labute approximate surface area is 178 Å². The SMILES string of the molecule is Clc1cccc(C(c2ccc3nnn(OCc4ccccc4)c3c2)n2ccnc2)c1. The average Bonchev–Trinajstić information content (AvgIpc) is 3.43. The molecule has 5 rings (SSSR count). The third-order valence-electron chi connectivity index (χ3n) is 4.94. The number of rotatable bonds is 6. The van der Waals surface area contributed by atoms with Gasteiger partial charge in [0.25, 0.3) is 0 Å². The lowest BCUT2D eigenvalue weighted by atomic mass is 9.98. The second-order valence-corrected chi connectivity index (χ2v) is 7.37. The smallest absolute Gasteiger partial charge is 0.142 e. The summed E-state index contributed by atoms with van der Waals surface area (Å²) in [5.41, 5.74) is 4.74. The summed E-state index contributed by atoms with van der Waals surface area (Å²) in [6, 6.07) is 23.8. The van der Waals surface area contributed by atoms with E-state index in [9.17, 15) is 0 Å². The summed E-state index contributed by atoms with van der Waals surface area (Å²) in [5, 5.41) is 9.08. The number of halogens is 1. The number of fused-ring (bicyclic) bond motifs is 1. The molecule has 0 saturated heterocycles. The molecule has 5 aromatic rings. The van der Waals surface area contributed by atoms with Crippen molar-refractivity contribution in [2.24, 2.45) is 0 Å². The van der Waals surface area contributed by atoms with E-state index in [2.05, 4.69) is 21.4 Å². The Kier molecular flexibility index (Phi) is 4.91. The van der Waals surface area contributed by atoms with Gasteiger partial charge in [-0.2, -0.15) is 0 Å². The van der Waals surface area contributed by atoms with Crippen LogP contribution in [0.2, 0.25) is 5.02 Å². The number of hydrogen-bond donors (Lipinski definition) is 0. The molecule has 0 N–H and O–H groups in total. The number of nitrogens with zero attached hydrogens (tertiary/aromatic N) is 5. The summed E-state index contributed by atoms with van der Waals surface area (Å²) in [7, 11) is 0. The molecule has 1 unspecified atom stereocenters. The van der Waals surface area contributed by atoms with Crippen LogP contribution in [0, 0.1) is 0 Å². The predicted molar refractivity (Wildman–Crippen MR) is 115 cm³/mol. The molecule has 6 nitrogen and oxygen atoms in total. The maximum absolute atomic E-state index is 6.27. The van der Waals surface area contributed by atoms with E-state index in [0.717, 1.165) is 27.7 Å². The minimum atomic E-state index is -0.0897. The predicted octanol–water partition coefficient (Wildman–Crippen LogP) is 4.55. The lowest BCUT2D eigenvalue weighted by Gasteiger charge is -2.20. The van der Waals surface area contributed by atoms with E-state index >= 15 is 0 Å². The summed E-state index contributed by atoms with van der Waals surface area (Å²) in [4.78, 5) is 11.6. The highest BCUT2D eigenvalue weighted by Gasteiger charge is 2.18. The molecule has 3 aromatic carbocycles. The molecule has 0 spiro atoms. The van der Waals surface area contributed by atoms with Crippen LogP contribution in [-0.4, -0.2) is 24.7 Å². The van der Waals surface area contributed by atoms with E-state index in [1.54, 1.807) is 12.5 Å². The van der Waals surface area contributed by atoms with Gasteiger partial charge in [-0.25, -0.2) is 4.98 Å². The van der Waals surface area contributed by atoms with Gasteiger partial charge in [0.15, 0.2) is 0 Å². The molecule has 148 valence electrons. The lowest BCUT2D eigenvalue weighted by molar-refractivity contribution is 0.0751. The summed E-state index contributed by atoms with van der Waals surface area (Å²) >= 11 is 6.27. The molecule has 30 heavy (non-hydrogen) atoms. The molecule has 7 heteroatoms. The van der Waals surface area contributed by atoms with Crippen molar-refractivity contribution in [1.29, 1.82) is 0 Å². The first-order valence-corrected chi connectivity index (χ1v) is 9.91. The summed E-state index contributed by atoms with van der Waals surface area (Å²) in [6.07, 6.45) is 5.51. The number of benzene rings is 3. The van der Waals surface area contributed by atoms with Crippen LogP contribution in [0.25, 0.3) is 11.0 Å². The molecule has 0 aliphatic rings. The standard InChI is InChI=1S/C23H18ClN5O/c24-20-8-4-7-18(13-20)23(28-12-11-25-16-28)19-9-10-21-22(14-19)29(27-26-21)30-15-17-5-2-1-3-6-17/h1-14,16,23H,15H2. The third kappa shape index (κ3) is 3.65. The fourth-order valence-corrected chi connectivity index (χ4v) is 3.72. The highest BCUT2D eigenvalue weighted by atomic mass is 35.5. The van der Waals surface area contributed by atoms with E-state index in [1.165, 1.54) is 4.85 Å². The van der Waals surface area contributed by atoms with Gasteiger partial charge in [-0.15, -0.1) is 5.10 Å². The molecule has 0 aliphatic heterocycles. The molecule has 0 fully saturated rings. The number of imidazole rings is 1. The quantitative estimate of drug-likeness (QED) is 0.408. The Morgan fingerprint density at radius 3 is 2.60 bits per heavy atom. The molecule has 0 amide bonds. The van der Waals surface area contributed by atoms with Crippen LogP contribution in [0.5, 0.6) is 0 Å². The van der Waals surface area contributed by atoms with Crippen molar-refractivity contribution in [1.82, 2.24) is 24.7 Å². The maximum Gasteiger partial charge on any atom is 0.142 e. The van der Waals surface area contributed by atoms with Crippen molar-refractivity contribution in [2.45, 2.75) is 12.6 Å². The molecule has 0 bridgehead atoms. The van der Waals surface area contributed by atoms with Crippen molar-refractivity contribution in [2.75, 3.05) is 0 Å². The second kappa shape index (κ2) is 8.00. The maximum atomic E-state index is 6.27. The Bertz CT molecular complexity index is 1270. The second-order valence-electron chi connectivity index (χ2n) is 6.94. The third-order valence-corrected chi connectivity index (χ3v) is 5.17. The average molecular weight is 416 g/mol. The monoisotopic (exact) mass is 415 g/mol. The highest BCUT2D eigenvalue weighted by molar-refractivity contribution is 6.30. The van der Waals surface area contributed by atoms with Crippen LogP contribution in [0.4, 0.5) is 0 Å². The van der Waals surface area contributed by atoms with Crippen LogP contribution in [-0.2, 0) is 6.61 Å². The van der Waals surface area contributed by atoms with Crippen molar-refractivity contribution in [3.63, 3.8) is 0 Å². The molecule has 2 heterocycles. The van der Waals surface area contributed by atoms with Crippen molar-refractivity contribution < 1.29 is 4.84 Å². The Morgan fingerprint density at radius 1 is 0.933 bits per heavy atom. The molecule has 1 atom stereocenters. The highest BCUT2D eigenvalue weighted by Crippen LogP contribution is 2.30. The van der Waals surface area contributed by atoms with Gasteiger partial charge in [-0.3, -0.25) is 0 Å². The topological polar surface area (TPSA) is 57.8 Å². The molecule has 0 saturated carbocycles. The Morgan fingerprint density at radius 2 is 1.80 bits per heavy atom. The minimum Gasteiger partial charge on any atom is -0.390 e. The van der Waals surface area contributed by atoms with E-state index in [-0.39, 0.29) is 6.04 Å². The normalized spacial score (nSPS) is 12.2. The molecular formula is C23H18ClN5O. The van der Waals surface area contributed by atoms with Gasteiger partial charge < -0.3 is 9.40 Å². The van der Waals surface area contributed by atoms with Crippen molar-refractivity contribution in [3.8, 4) is 0 Å². The zero-order valence-corrected chi connectivity index (χ0v) is 16.7. The number of hydrogen-bond acceptors (Lipinski definition) is 4. The van der Waals surface area contributed by atoms with E-state index < -0.39 is 0 Å². The molecule has 2 aromatic heterocycles. The van der Waals surface area contributed by atoms with E-state index in [4.69, 9.17) is 16.4 Å². The molecule has 0 radical (unpaired) electrons. The van der Waals surface area contributed by atoms with Crippen LogP contribution in [0.1, 0.15) is 22.7 Å². The zero-order valence-electron chi connectivity index (χ0n) is 16.0. The lowest BCUT2D eigenvalue weighted by Crippen LogP contribution is -2.14. The van der Waals surface area contributed by atoms with Crippen LogP contribution < -0.4 is 4.84 Å². The first kappa shape index (κ1) is 18.4. The fourth-order valence-electron chi connectivity index (χ4n) is 3.53. The van der Waals surface area contributed by atoms with E-state index in [0.29, 0.717) is 11.6 Å². The zero-order chi connectivity index (χ0) is 20.3. The fraction of sp³-hybridized carbons (Fsp3) is 0.0870. The van der Waals surface area contributed by atoms with Gasteiger partial charge in [-0.05, 0) is 46.2 Å². The van der Waals surface area contributed by atoms with Crippen molar-refractivity contribution in [3.05, 3.63) is 113 Å². The van der Waals surface area contributed by atoms with Gasteiger partial charge in [0.1, 0.15) is 17.6 Å². The summed E-state index contributed by atoms with van der Waals surface area (Å²) in [6.45, 7) is 0.406. The Hall–Kier alpha value is -3.64. The van der Waals surface area contributed by atoms with Crippen LogP contribution in [0.15, 0.2) is 91.5 Å². The minimum absolute atomic E-state index is 0.0897. The first-order valence-electron chi connectivity index (χ1n) is 9.53. The van der Waals surface area contributed by atoms with Gasteiger partial charge in [-0.1, -0.05) is 65.0 Å². The summed E-state index contributed by atoms with van der Waals surface area (Å²) in [5.74, 6) is 0. The first-order chi connectivity index (χ1) is 14.8. The molecule has 0 aliphatic carbocycles. The van der Waals surface area contributed by atoms with Crippen LogP contribution >= 0.6 is 11.6 Å². The van der Waals surface area contributed by atoms with Gasteiger partial charge in [0.05, 0.1) is 12.4 Å². The van der Waals surface area contributed by atoms with Crippen molar-refractivity contribution >= 4 is 22.6 Å². The largest absolute Gasteiger partial charge is 0.390 e. The summed E-state index contributed by atoms with van der Waals surface area (Å²) < 4.78 is 2.05. The molecular weight excluding hydrogens is 398 g/mol. The number of aromatic nitrogens is 5. The van der Waals surface area contributed by atoms with Gasteiger partial charge in [0.2, 0.25) is 0 Å².